The summed E-state index contributed by atoms with van der Waals surface area (Å²) in [5, 5.41) is 0. The zero-order valence-electron chi connectivity index (χ0n) is 11.1. The third kappa shape index (κ3) is 3.56. The lowest BCUT2D eigenvalue weighted by Crippen LogP contribution is -2.53. The van der Waals surface area contributed by atoms with E-state index >= 15 is 0 Å². The van der Waals surface area contributed by atoms with Gasteiger partial charge in [-0.3, -0.25) is 0 Å². The van der Waals surface area contributed by atoms with Crippen LogP contribution < -0.4 is 5.73 Å². The molecule has 0 aromatic carbocycles. The maximum atomic E-state index is 13.9. The molecule has 1 rings (SSSR count). The average molecular weight is 246 g/mol. The molecular formula is C12H23FN2O2. The Hall–Kier alpha value is -0.840. The molecule has 1 aliphatic rings. The molecule has 5 heteroatoms. The molecule has 2 atom stereocenters. The molecule has 0 aromatic heterocycles. The van der Waals surface area contributed by atoms with E-state index in [1.54, 1.807) is 20.8 Å². The van der Waals surface area contributed by atoms with E-state index in [1.807, 2.05) is 6.92 Å². The molecule has 17 heavy (non-hydrogen) atoms. The van der Waals surface area contributed by atoms with Crippen molar-refractivity contribution in [1.29, 1.82) is 0 Å². The topological polar surface area (TPSA) is 55.6 Å². The quantitative estimate of drug-likeness (QED) is 0.769. The Kier molecular flexibility index (Phi) is 4.02. The summed E-state index contributed by atoms with van der Waals surface area (Å²) in [7, 11) is 0. The number of nitrogens with zero attached hydrogens (tertiary/aromatic N) is 1. The van der Waals surface area contributed by atoms with Gasteiger partial charge in [0.1, 0.15) is 11.8 Å². The van der Waals surface area contributed by atoms with E-state index in [4.69, 9.17) is 10.5 Å². The monoisotopic (exact) mass is 246 g/mol. The lowest BCUT2D eigenvalue weighted by Gasteiger charge is -2.41. The normalized spacial score (nSPS) is 30.2. The summed E-state index contributed by atoms with van der Waals surface area (Å²) >= 11 is 0. The van der Waals surface area contributed by atoms with Gasteiger partial charge in [-0.2, -0.15) is 0 Å². The Bertz CT molecular complexity index is 291. The van der Waals surface area contributed by atoms with Crippen LogP contribution in [0.1, 0.15) is 34.1 Å². The highest BCUT2D eigenvalue weighted by Gasteiger charge is 2.40. The average Bonchev–Trinajstić information content (AvgIpc) is 2.19. The Labute approximate surface area is 102 Å². The van der Waals surface area contributed by atoms with Crippen LogP contribution in [0.15, 0.2) is 0 Å². The first-order valence-corrected chi connectivity index (χ1v) is 6.00. The maximum Gasteiger partial charge on any atom is 0.410 e. The van der Waals surface area contributed by atoms with E-state index in [9.17, 15) is 9.18 Å². The van der Waals surface area contributed by atoms with Crippen LogP contribution in [0.4, 0.5) is 9.18 Å². The van der Waals surface area contributed by atoms with Crippen molar-refractivity contribution in [2.24, 2.45) is 11.1 Å². The standard InChI is InChI=1S/C12H23FN2O2/c1-11(2,3)17-10(16)15-6-5-12(4,8-14)9(13)7-15/h9H,5-8,14H2,1-4H3. The Morgan fingerprint density at radius 1 is 1.59 bits per heavy atom. The first-order chi connectivity index (χ1) is 7.68. The van der Waals surface area contributed by atoms with Crippen molar-refractivity contribution in [3.63, 3.8) is 0 Å². The van der Waals surface area contributed by atoms with Crippen molar-refractivity contribution in [3.8, 4) is 0 Å². The highest BCUT2D eigenvalue weighted by molar-refractivity contribution is 5.68. The second-order valence-electron chi connectivity index (χ2n) is 6.00. The third-order valence-corrected chi connectivity index (χ3v) is 3.21. The number of alkyl halides is 1. The molecule has 2 unspecified atom stereocenters. The summed E-state index contributed by atoms with van der Waals surface area (Å²) in [6.45, 7) is 8.09. The van der Waals surface area contributed by atoms with E-state index < -0.39 is 23.3 Å². The van der Waals surface area contributed by atoms with Crippen molar-refractivity contribution >= 4 is 6.09 Å². The summed E-state index contributed by atoms with van der Waals surface area (Å²) in [5.74, 6) is 0. The summed E-state index contributed by atoms with van der Waals surface area (Å²) in [4.78, 5) is 13.2. The fourth-order valence-electron chi connectivity index (χ4n) is 1.77. The van der Waals surface area contributed by atoms with Gasteiger partial charge in [0.05, 0.1) is 6.54 Å². The van der Waals surface area contributed by atoms with Gasteiger partial charge in [0.2, 0.25) is 0 Å². The molecule has 0 radical (unpaired) electrons. The number of rotatable bonds is 1. The van der Waals surface area contributed by atoms with Crippen molar-refractivity contribution in [3.05, 3.63) is 0 Å². The van der Waals surface area contributed by atoms with E-state index in [0.29, 0.717) is 19.5 Å². The van der Waals surface area contributed by atoms with Crippen LogP contribution in [0, 0.1) is 5.41 Å². The smallest absolute Gasteiger partial charge is 0.410 e. The van der Waals surface area contributed by atoms with Gasteiger partial charge in [-0.1, -0.05) is 6.92 Å². The molecule has 100 valence electrons. The largest absolute Gasteiger partial charge is 0.444 e. The molecular weight excluding hydrogens is 223 g/mol. The minimum Gasteiger partial charge on any atom is -0.444 e. The predicted octanol–water partition coefficient (Wildman–Crippen LogP) is 1.93. The summed E-state index contributed by atoms with van der Waals surface area (Å²) in [6, 6.07) is 0. The summed E-state index contributed by atoms with van der Waals surface area (Å²) in [5.41, 5.74) is 4.52. The van der Waals surface area contributed by atoms with Gasteiger partial charge in [-0.15, -0.1) is 0 Å². The number of hydrogen-bond acceptors (Lipinski definition) is 3. The second-order valence-corrected chi connectivity index (χ2v) is 6.00. The van der Waals surface area contributed by atoms with Gasteiger partial charge < -0.3 is 15.4 Å². The van der Waals surface area contributed by atoms with Crippen LogP contribution in [-0.2, 0) is 4.74 Å². The third-order valence-electron chi connectivity index (χ3n) is 3.21. The predicted molar refractivity (Wildman–Crippen MR) is 64.5 cm³/mol. The second kappa shape index (κ2) is 4.80. The SMILES string of the molecule is CC(C)(C)OC(=O)N1CCC(C)(CN)C(F)C1. The highest BCUT2D eigenvalue weighted by Crippen LogP contribution is 2.32. The van der Waals surface area contributed by atoms with Gasteiger partial charge in [0.15, 0.2) is 0 Å². The van der Waals surface area contributed by atoms with Gasteiger partial charge in [-0.05, 0) is 27.2 Å². The minimum absolute atomic E-state index is 0.0720. The first-order valence-electron chi connectivity index (χ1n) is 6.00. The fourth-order valence-corrected chi connectivity index (χ4v) is 1.77. The van der Waals surface area contributed by atoms with Crippen LogP contribution in [0.3, 0.4) is 0 Å². The molecule has 0 aliphatic carbocycles. The number of halogens is 1. The fraction of sp³-hybridized carbons (Fsp3) is 0.917. The number of piperidine rings is 1. The Morgan fingerprint density at radius 2 is 2.18 bits per heavy atom. The van der Waals surface area contributed by atoms with E-state index in [1.165, 1.54) is 4.90 Å². The molecule has 1 amide bonds. The van der Waals surface area contributed by atoms with Crippen molar-refractivity contribution < 1.29 is 13.9 Å². The molecule has 1 fully saturated rings. The maximum absolute atomic E-state index is 13.9. The minimum atomic E-state index is -1.09. The highest BCUT2D eigenvalue weighted by atomic mass is 19.1. The van der Waals surface area contributed by atoms with E-state index in [0.717, 1.165) is 0 Å². The van der Waals surface area contributed by atoms with Gasteiger partial charge in [-0.25, -0.2) is 9.18 Å². The molecule has 1 heterocycles. The van der Waals surface area contributed by atoms with E-state index in [2.05, 4.69) is 0 Å². The lowest BCUT2D eigenvalue weighted by molar-refractivity contribution is -0.0120. The van der Waals surface area contributed by atoms with Crippen LogP contribution in [-0.4, -0.2) is 42.4 Å². The van der Waals surface area contributed by atoms with Crippen molar-refractivity contribution in [2.45, 2.75) is 45.9 Å². The molecule has 0 bridgehead atoms. The Balaban J connectivity index is 2.58. The van der Waals surface area contributed by atoms with E-state index in [-0.39, 0.29) is 6.54 Å². The summed E-state index contributed by atoms with van der Waals surface area (Å²) in [6.07, 6.45) is -0.961. The van der Waals surface area contributed by atoms with Gasteiger partial charge >= 0.3 is 6.09 Å². The molecule has 0 spiro atoms. The number of carbonyl (C=O) groups is 1. The molecule has 1 aliphatic heterocycles. The van der Waals surface area contributed by atoms with Crippen molar-refractivity contribution in [2.75, 3.05) is 19.6 Å². The molecule has 4 nitrogen and oxygen atoms in total. The van der Waals surface area contributed by atoms with Crippen LogP contribution in [0.25, 0.3) is 0 Å². The Morgan fingerprint density at radius 3 is 2.59 bits per heavy atom. The number of hydrogen-bond donors (Lipinski definition) is 1. The number of likely N-dealkylation sites (tertiary alicyclic amines) is 1. The van der Waals surface area contributed by atoms with Gasteiger partial charge in [0, 0.05) is 18.5 Å². The molecule has 0 aromatic rings. The molecule has 2 N–H and O–H groups in total. The number of carbonyl (C=O) groups excluding carboxylic acids is 1. The van der Waals surface area contributed by atoms with Crippen LogP contribution >= 0.6 is 0 Å². The number of ether oxygens (including phenoxy) is 1. The van der Waals surface area contributed by atoms with Crippen molar-refractivity contribution in [1.82, 2.24) is 4.90 Å². The first kappa shape index (κ1) is 14.2. The molecule has 1 saturated heterocycles. The lowest BCUT2D eigenvalue weighted by atomic mass is 9.79. The number of nitrogens with two attached hydrogens (primary N) is 1. The van der Waals surface area contributed by atoms with Gasteiger partial charge in [0.25, 0.3) is 0 Å². The summed E-state index contributed by atoms with van der Waals surface area (Å²) < 4.78 is 19.2. The zero-order chi connectivity index (χ0) is 13.3. The zero-order valence-corrected chi connectivity index (χ0v) is 11.1. The number of amides is 1. The van der Waals surface area contributed by atoms with Crippen LogP contribution in [0.2, 0.25) is 0 Å². The van der Waals surface area contributed by atoms with Crippen LogP contribution in [0.5, 0.6) is 0 Å². The molecule has 0 saturated carbocycles.